The molecule has 0 saturated carbocycles. The van der Waals surface area contributed by atoms with Crippen LogP contribution in [0.25, 0.3) is 10.2 Å². The quantitative estimate of drug-likeness (QED) is 0.371. The largest absolute Gasteiger partial charge is 0.282 e. The summed E-state index contributed by atoms with van der Waals surface area (Å²) in [6.07, 6.45) is 1.40. The molecule has 0 fully saturated rings. The fourth-order valence-corrected chi connectivity index (χ4v) is 5.51. The lowest BCUT2D eigenvalue weighted by Gasteiger charge is -2.19. The Morgan fingerprint density at radius 3 is 2.53 bits per heavy atom. The van der Waals surface area contributed by atoms with Gasteiger partial charge >= 0.3 is 0 Å². The number of fused-ring (bicyclic) bond motifs is 1. The van der Waals surface area contributed by atoms with Gasteiger partial charge in [-0.1, -0.05) is 29.5 Å². The molecule has 0 spiro atoms. The molecule has 0 bridgehead atoms. The lowest BCUT2D eigenvalue weighted by atomic mass is 10.2. The fourth-order valence-electron chi connectivity index (χ4n) is 3.22. The number of hydrogen-bond donors (Lipinski definition) is 0. The van der Waals surface area contributed by atoms with Crippen LogP contribution in [-0.4, -0.2) is 30.0 Å². The number of carbonyl (C=O) groups excluding carboxylic acids is 1. The van der Waals surface area contributed by atoms with E-state index in [4.69, 9.17) is 0 Å². The minimum atomic E-state index is -3.74. The van der Waals surface area contributed by atoms with Gasteiger partial charge in [0.05, 0.1) is 33.1 Å². The zero-order valence-electron chi connectivity index (χ0n) is 17.2. The smallest absolute Gasteiger partial charge is 0.230 e. The van der Waals surface area contributed by atoms with Crippen LogP contribution in [0.15, 0.2) is 71.8 Å². The Hall–Kier alpha value is -3.17. The van der Waals surface area contributed by atoms with Gasteiger partial charge in [-0.15, -0.1) is 0 Å². The molecule has 2 aromatic heterocycles. The van der Waals surface area contributed by atoms with E-state index in [9.17, 15) is 17.6 Å². The Morgan fingerprint density at radius 1 is 1.06 bits per heavy atom. The summed E-state index contributed by atoms with van der Waals surface area (Å²) in [6, 6.07) is 15.8. The van der Waals surface area contributed by atoms with E-state index in [-0.39, 0.29) is 29.5 Å². The fraction of sp³-hybridized carbons (Fsp3) is 0.174. The average Bonchev–Trinajstić information content (AvgIpc) is 3.22. The molecule has 0 saturated heterocycles. The molecule has 0 atom stereocenters. The molecule has 2 heterocycles. The van der Waals surface area contributed by atoms with Gasteiger partial charge in [-0.3, -0.25) is 14.7 Å². The molecule has 2 aromatic carbocycles. The minimum absolute atomic E-state index is 0.0152. The number of carbonyl (C=O) groups is 1. The Morgan fingerprint density at radius 2 is 1.84 bits per heavy atom. The maximum absolute atomic E-state index is 13.2. The second-order valence-corrected chi connectivity index (χ2v) is 10.4. The number of sulfone groups is 1. The van der Waals surface area contributed by atoms with Gasteiger partial charge in [-0.25, -0.2) is 17.8 Å². The summed E-state index contributed by atoms with van der Waals surface area (Å²) >= 11 is 1.37. The van der Waals surface area contributed by atoms with Gasteiger partial charge in [0, 0.05) is 12.6 Å². The summed E-state index contributed by atoms with van der Waals surface area (Å²) in [6.45, 7) is 2.13. The van der Waals surface area contributed by atoms with Crippen molar-refractivity contribution in [2.24, 2.45) is 0 Å². The van der Waals surface area contributed by atoms with Crippen molar-refractivity contribution < 1.29 is 17.6 Å². The van der Waals surface area contributed by atoms with Crippen LogP contribution in [0.2, 0.25) is 0 Å². The van der Waals surface area contributed by atoms with Crippen molar-refractivity contribution in [3.8, 4) is 0 Å². The predicted molar refractivity (Wildman–Crippen MR) is 123 cm³/mol. The van der Waals surface area contributed by atoms with E-state index in [1.54, 1.807) is 18.3 Å². The van der Waals surface area contributed by atoms with E-state index in [1.807, 2.05) is 31.2 Å². The average molecular weight is 470 g/mol. The van der Waals surface area contributed by atoms with Gasteiger partial charge in [0.15, 0.2) is 15.0 Å². The van der Waals surface area contributed by atoms with Crippen LogP contribution in [0.4, 0.5) is 9.52 Å². The van der Waals surface area contributed by atoms with Crippen molar-refractivity contribution in [1.82, 2.24) is 9.97 Å². The van der Waals surface area contributed by atoms with E-state index in [0.29, 0.717) is 10.8 Å². The van der Waals surface area contributed by atoms with Gasteiger partial charge in [0.2, 0.25) is 5.91 Å². The number of benzene rings is 2. The molecule has 0 aliphatic heterocycles. The minimum Gasteiger partial charge on any atom is -0.282 e. The molecule has 32 heavy (non-hydrogen) atoms. The summed E-state index contributed by atoms with van der Waals surface area (Å²) in [4.78, 5) is 23.6. The maximum atomic E-state index is 13.2. The first-order chi connectivity index (χ1) is 15.3. The van der Waals surface area contributed by atoms with Crippen molar-refractivity contribution in [3.63, 3.8) is 0 Å². The summed E-state index contributed by atoms with van der Waals surface area (Å²) in [5.74, 6) is -1.29. The molecular formula is C23H20FN3O3S2. The van der Waals surface area contributed by atoms with Crippen LogP contribution in [0.5, 0.6) is 0 Å². The molecule has 164 valence electrons. The summed E-state index contributed by atoms with van der Waals surface area (Å²) in [5.41, 5.74) is 2.47. The zero-order valence-corrected chi connectivity index (χ0v) is 18.9. The molecule has 1 amide bonds. The van der Waals surface area contributed by atoms with Crippen LogP contribution in [0, 0.1) is 12.7 Å². The highest BCUT2D eigenvalue weighted by atomic mass is 32.2. The SMILES string of the molecule is Cc1cccc2sc(N(Cc3ccccn3)C(=O)CCS(=O)(=O)c3ccc(F)cc3)nc12. The number of aromatic nitrogens is 2. The summed E-state index contributed by atoms with van der Waals surface area (Å²) in [5, 5.41) is 0.490. The number of pyridine rings is 1. The molecule has 0 aliphatic rings. The van der Waals surface area contributed by atoms with Crippen molar-refractivity contribution >= 4 is 42.4 Å². The van der Waals surface area contributed by atoms with Gasteiger partial charge in [-0.2, -0.15) is 0 Å². The normalized spacial score (nSPS) is 11.6. The second kappa shape index (κ2) is 9.13. The van der Waals surface area contributed by atoms with Crippen LogP contribution < -0.4 is 4.90 Å². The van der Waals surface area contributed by atoms with Gasteiger partial charge in [0.1, 0.15) is 5.82 Å². The first-order valence-electron chi connectivity index (χ1n) is 9.88. The van der Waals surface area contributed by atoms with Crippen molar-refractivity contribution in [2.75, 3.05) is 10.7 Å². The number of thiazole rings is 1. The first-order valence-corrected chi connectivity index (χ1v) is 12.3. The monoisotopic (exact) mass is 469 g/mol. The third kappa shape index (κ3) is 4.84. The Kier molecular flexibility index (Phi) is 6.29. The molecule has 4 rings (SSSR count). The number of nitrogens with zero attached hydrogens (tertiary/aromatic N) is 3. The molecule has 0 aliphatic carbocycles. The standard InChI is InChI=1S/C23H20FN3O3S2/c1-16-5-4-7-20-22(16)26-23(31-20)27(15-18-6-2-3-13-25-18)21(28)12-14-32(29,30)19-10-8-17(24)9-11-19/h2-11,13H,12,14-15H2,1H3. The number of hydrogen-bond acceptors (Lipinski definition) is 6. The topological polar surface area (TPSA) is 80.2 Å². The van der Waals surface area contributed by atoms with E-state index in [0.717, 1.165) is 27.9 Å². The van der Waals surface area contributed by atoms with Crippen molar-refractivity contribution in [1.29, 1.82) is 0 Å². The highest BCUT2D eigenvalue weighted by Crippen LogP contribution is 2.31. The molecule has 0 radical (unpaired) electrons. The van der Waals surface area contributed by atoms with Crippen molar-refractivity contribution in [2.45, 2.75) is 24.8 Å². The first kappa shape index (κ1) is 22.0. The van der Waals surface area contributed by atoms with Gasteiger partial charge in [-0.05, 0) is 55.0 Å². The highest BCUT2D eigenvalue weighted by molar-refractivity contribution is 7.91. The van der Waals surface area contributed by atoms with Crippen LogP contribution in [0.3, 0.4) is 0 Å². The molecule has 9 heteroatoms. The molecule has 0 N–H and O–H groups in total. The number of amides is 1. The van der Waals surface area contributed by atoms with Crippen LogP contribution >= 0.6 is 11.3 Å². The predicted octanol–water partition coefficient (Wildman–Crippen LogP) is 4.54. The number of para-hydroxylation sites is 1. The lowest BCUT2D eigenvalue weighted by Crippen LogP contribution is -2.32. The molecule has 4 aromatic rings. The van der Waals surface area contributed by atoms with Crippen molar-refractivity contribution in [3.05, 3.63) is 83.9 Å². The molecular weight excluding hydrogens is 449 g/mol. The number of rotatable bonds is 7. The third-order valence-electron chi connectivity index (χ3n) is 4.95. The summed E-state index contributed by atoms with van der Waals surface area (Å²) in [7, 11) is -3.74. The summed E-state index contributed by atoms with van der Waals surface area (Å²) < 4.78 is 39.3. The maximum Gasteiger partial charge on any atom is 0.230 e. The Labute approximate surface area is 189 Å². The molecule has 0 unspecified atom stereocenters. The Bertz CT molecular complexity index is 1350. The highest BCUT2D eigenvalue weighted by Gasteiger charge is 2.24. The lowest BCUT2D eigenvalue weighted by molar-refractivity contribution is -0.118. The second-order valence-electron chi connectivity index (χ2n) is 7.24. The number of aryl methyl sites for hydroxylation is 1. The zero-order chi connectivity index (χ0) is 22.7. The number of anilines is 1. The molecule has 6 nitrogen and oxygen atoms in total. The van der Waals surface area contributed by atoms with E-state index >= 15 is 0 Å². The van der Waals surface area contributed by atoms with Gasteiger partial charge in [0.25, 0.3) is 0 Å². The third-order valence-corrected chi connectivity index (χ3v) is 7.72. The van der Waals surface area contributed by atoms with E-state index in [1.165, 1.54) is 28.4 Å². The van der Waals surface area contributed by atoms with E-state index < -0.39 is 15.7 Å². The Balaban J connectivity index is 1.61. The number of halogens is 1. The van der Waals surface area contributed by atoms with E-state index in [2.05, 4.69) is 9.97 Å². The van der Waals surface area contributed by atoms with Gasteiger partial charge < -0.3 is 0 Å². The van der Waals surface area contributed by atoms with Crippen LogP contribution in [0.1, 0.15) is 17.7 Å². The van der Waals surface area contributed by atoms with Crippen LogP contribution in [-0.2, 0) is 21.2 Å².